The van der Waals surface area contributed by atoms with Gasteiger partial charge in [0.1, 0.15) is 11.8 Å². The van der Waals surface area contributed by atoms with Gasteiger partial charge in [0.25, 0.3) is 10.0 Å². The van der Waals surface area contributed by atoms with Gasteiger partial charge in [-0.1, -0.05) is 16.5 Å². The summed E-state index contributed by atoms with van der Waals surface area (Å²) in [6, 6.07) is 2.81. The Balaban J connectivity index is 2.93. The molecule has 0 heterocycles. The summed E-state index contributed by atoms with van der Waals surface area (Å²) >= 11 is 5.59. The van der Waals surface area contributed by atoms with E-state index in [-0.39, 0.29) is 29.0 Å². The minimum Gasteiger partial charge on any atom is -0.481 e. The molecular formula is C19H27ClN4O11S2. The first-order valence-electron chi connectivity index (χ1n) is 10.3. The second-order valence-corrected chi connectivity index (χ2v) is 11.7. The van der Waals surface area contributed by atoms with Gasteiger partial charge in [-0.25, -0.2) is 31.2 Å². The smallest absolute Gasteiger partial charge is 0.413 e. The van der Waals surface area contributed by atoms with E-state index in [1.807, 2.05) is 5.32 Å². The van der Waals surface area contributed by atoms with E-state index in [1.165, 1.54) is 31.3 Å². The van der Waals surface area contributed by atoms with Crippen LogP contribution in [0.25, 0.3) is 0 Å². The first kappa shape index (κ1) is 31.9. The van der Waals surface area contributed by atoms with E-state index in [0.29, 0.717) is 16.2 Å². The molecule has 1 unspecified atom stereocenters. The van der Waals surface area contributed by atoms with Crippen LogP contribution in [0.5, 0.6) is 5.75 Å². The van der Waals surface area contributed by atoms with Crippen molar-refractivity contribution in [3.05, 3.63) is 29.8 Å². The van der Waals surface area contributed by atoms with Crippen molar-refractivity contribution >= 4 is 55.7 Å². The average molecular weight is 587 g/mol. The summed E-state index contributed by atoms with van der Waals surface area (Å²) in [7, 11) is -7.29. The van der Waals surface area contributed by atoms with Gasteiger partial charge in [-0.3, -0.25) is 4.79 Å². The number of urea groups is 1. The van der Waals surface area contributed by atoms with Crippen molar-refractivity contribution < 1.29 is 51.0 Å². The van der Waals surface area contributed by atoms with Gasteiger partial charge in [-0.15, -0.1) is 16.0 Å². The number of nitrogens with one attached hydrogen (secondary N) is 1. The number of halogens is 1. The van der Waals surface area contributed by atoms with Gasteiger partial charge in [-0.2, -0.15) is 0 Å². The molecule has 3 amide bonds. The number of sulfonamides is 2. The fraction of sp³-hybridized carbons (Fsp3) is 0.474. The number of carboxylic acid groups (broad SMARTS) is 2. The first-order valence-corrected chi connectivity index (χ1v) is 14.5. The summed E-state index contributed by atoms with van der Waals surface area (Å²) in [5.74, 6) is -2.97. The molecule has 0 saturated carbocycles. The molecule has 37 heavy (non-hydrogen) atoms. The Bertz CT molecular complexity index is 1210. The van der Waals surface area contributed by atoms with Crippen molar-refractivity contribution in [3.63, 3.8) is 0 Å². The second-order valence-electron chi connectivity index (χ2n) is 7.64. The number of rotatable bonds is 13. The van der Waals surface area contributed by atoms with Crippen LogP contribution in [0.3, 0.4) is 0 Å². The van der Waals surface area contributed by atoms with Crippen LogP contribution in [0.15, 0.2) is 24.3 Å². The van der Waals surface area contributed by atoms with Crippen molar-refractivity contribution in [2.75, 3.05) is 32.0 Å². The second kappa shape index (κ2) is 13.4. The molecule has 0 spiro atoms. The number of ether oxygens (including phenoxy) is 1. The molecule has 0 aliphatic heterocycles. The molecule has 0 aromatic heterocycles. The fourth-order valence-corrected chi connectivity index (χ4v) is 5.41. The predicted octanol–water partition coefficient (Wildman–Crippen LogP) is 0.322. The number of carboxylic acids is 2. The van der Waals surface area contributed by atoms with Crippen LogP contribution in [0, 0.1) is 0 Å². The standard InChI is InChI=1S/C19H27ClN4O11S2/c1-22(19(30)24(37(3,33)34)23(11-10-20)36(2,31)32)12-13-4-6-14(7-5-13)35-18(29)21-15(17(27)28)8-9-16(25)26/h4-7,15H,8-12H2,1-3H3,(H,21,29)(H,25,26)(H,27,28). The maximum absolute atomic E-state index is 12.9. The Morgan fingerprint density at radius 3 is 2.03 bits per heavy atom. The Kier molecular flexibility index (Phi) is 11.6. The Hall–Kier alpha value is -3.15. The molecule has 1 aromatic carbocycles. The Labute approximate surface area is 218 Å². The lowest BCUT2D eigenvalue weighted by atomic mass is 10.1. The summed E-state index contributed by atoms with van der Waals surface area (Å²) in [6.45, 7) is -0.647. The van der Waals surface area contributed by atoms with Gasteiger partial charge < -0.3 is 25.2 Å². The lowest BCUT2D eigenvalue weighted by molar-refractivity contribution is -0.140. The molecule has 0 fully saturated rings. The van der Waals surface area contributed by atoms with E-state index in [9.17, 15) is 36.0 Å². The lowest BCUT2D eigenvalue weighted by Gasteiger charge is -2.33. The number of nitrogens with zero attached hydrogens (tertiary/aromatic N) is 3. The third-order valence-corrected chi connectivity index (χ3v) is 6.82. The molecule has 1 atom stereocenters. The van der Waals surface area contributed by atoms with Gasteiger partial charge in [0.2, 0.25) is 10.0 Å². The summed E-state index contributed by atoms with van der Waals surface area (Å²) in [5.41, 5.74) is 0.435. The highest BCUT2D eigenvalue weighted by molar-refractivity contribution is 7.91. The number of amides is 3. The van der Waals surface area contributed by atoms with Crippen LogP contribution in [-0.4, -0.2) is 103 Å². The van der Waals surface area contributed by atoms with Gasteiger partial charge >= 0.3 is 24.1 Å². The molecule has 0 aliphatic rings. The molecule has 0 aliphatic carbocycles. The number of benzene rings is 1. The van der Waals surface area contributed by atoms with Crippen LogP contribution in [0.2, 0.25) is 0 Å². The van der Waals surface area contributed by atoms with E-state index in [1.54, 1.807) is 0 Å². The predicted molar refractivity (Wildman–Crippen MR) is 130 cm³/mol. The fourth-order valence-electron chi connectivity index (χ4n) is 2.82. The molecule has 15 nitrogen and oxygen atoms in total. The van der Waals surface area contributed by atoms with E-state index in [0.717, 1.165) is 11.2 Å². The van der Waals surface area contributed by atoms with E-state index < -0.39 is 63.1 Å². The van der Waals surface area contributed by atoms with Crippen LogP contribution >= 0.6 is 11.6 Å². The number of hydrogen-bond donors (Lipinski definition) is 3. The number of hydrogen-bond acceptors (Lipinski definition) is 9. The molecule has 0 saturated heterocycles. The average Bonchev–Trinajstić information content (AvgIpc) is 2.75. The normalized spacial score (nSPS) is 12.5. The maximum atomic E-state index is 12.9. The maximum Gasteiger partial charge on any atom is 0.413 e. The van der Waals surface area contributed by atoms with Gasteiger partial charge in [0, 0.05) is 32.4 Å². The molecule has 0 bridgehead atoms. The molecule has 0 radical (unpaired) electrons. The van der Waals surface area contributed by atoms with Crippen molar-refractivity contribution in [1.29, 1.82) is 0 Å². The summed E-state index contributed by atoms with van der Waals surface area (Å²) in [5, 5.41) is 19.8. The third-order valence-electron chi connectivity index (χ3n) is 4.46. The number of hydrazine groups is 1. The highest BCUT2D eigenvalue weighted by atomic mass is 35.5. The van der Waals surface area contributed by atoms with Gasteiger partial charge in [0.15, 0.2) is 0 Å². The highest BCUT2D eigenvalue weighted by Gasteiger charge is 2.37. The lowest BCUT2D eigenvalue weighted by Crippen LogP contribution is -2.55. The summed E-state index contributed by atoms with van der Waals surface area (Å²) in [6.07, 6.45) is -0.584. The zero-order chi connectivity index (χ0) is 28.6. The number of carbonyl (C=O) groups excluding carboxylic acids is 2. The van der Waals surface area contributed by atoms with Crippen LogP contribution in [-0.2, 0) is 36.2 Å². The van der Waals surface area contributed by atoms with Crippen LogP contribution in [0.1, 0.15) is 18.4 Å². The van der Waals surface area contributed by atoms with E-state index in [4.69, 9.17) is 26.6 Å². The van der Waals surface area contributed by atoms with Crippen molar-refractivity contribution in [2.24, 2.45) is 0 Å². The van der Waals surface area contributed by atoms with Crippen molar-refractivity contribution in [3.8, 4) is 5.75 Å². The first-order chi connectivity index (χ1) is 17.0. The zero-order valence-corrected chi connectivity index (χ0v) is 22.4. The number of alkyl halides is 1. The summed E-state index contributed by atoms with van der Waals surface area (Å²) in [4.78, 5) is 47.6. The molecule has 1 rings (SSSR count). The van der Waals surface area contributed by atoms with E-state index >= 15 is 0 Å². The molecular weight excluding hydrogens is 560 g/mol. The third kappa shape index (κ3) is 10.4. The van der Waals surface area contributed by atoms with Gasteiger partial charge in [-0.05, 0) is 24.1 Å². The quantitative estimate of drug-likeness (QED) is 0.212. The minimum absolute atomic E-state index is 0.0132. The van der Waals surface area contributed by atoms with Crippen molar-refractivity contribution in [1.82, 2.24) is 19.0 Å². The van der Waals surface area contributed by atoms with Gasteiger partial charge in [0.05, 0.1) is 12.5 Å². The molecule has 208 valence electrons. The Morgan fingerprint density at radius 1 is 1.03 bits per heavy atom. The van der Waals surface area contributed by atoms with Crippen molar-refractivity contribution in [2.45, 2.75) is 25.4 Å². The number of carbonyl (C=O) groups is 4. The SMILES string of the molecule is CN(Cc1ccc(OC(=O)NC(CCC(=O)O)C(=O)O)cc1)C(=O)N(N(CCCl)S(C)(=O)=O)S(C)(=O)=O. The minimum atomic E-state index is -4.36. The largest absolute Gasteiger partial charge is 0.481 e. The molecule has 3 N–H and O–H groups in total. The van der Waals surface area contributed by atoms with Crippen LogP contribution < -0.4 is 10.1 Å². The Morgan fingerprint density at radius 2 is 1.59 bits per heavy atom. The van der Waals surface area contributed by atoms with Crippen LogP contribution in [0.4, 0.5) is 9.59 Å². The topological polar surface area (TPSA) is 208 Å². The molecule has 1 aromatic rings. The monoisotopic (exact) mass is 586 g/mol. The zero-order valence-electron chi connectivity index (χ0n) is 20.0. The highest BCUT2D eigenvalue weighted by Crippen LogP contribution is 2.17. The summed E-state index contributed by atoms with van der Waals surface area (Å²) < 4.78 is 54.1. The van der Waals surface area contributed by atoms with E-state index in [2.05, 4.69) is 0 Å². The molecule has 18 heteroatoms. The number of aliphatic carboxylic acids is 2.